The van der Waals surface area contributed by atoms with E-state index in [1.54, 1.807) is 25.2 Å². The van der Waals surface area contributed by atoms with E-state index in [0.717, 1.165) is 31.2 Å². The number of hydrogen-bond donors (Lipinski definition) is 2. The first-order chi connectivity index (χ1) is 13.5. The zero-order chi connectivity index (χ0) is 19.8. The Balaban J connectivity index is 1.89. The van der Waals surface area contributed by atoms with Gasteiger partial charge in [0.1, 0.15) is 17.2 Å². The Morgan fingerprint density at radius 3 is 2.68 bits per heavy atom. The quantitative estimate of drug-likeness (QED) is 0.510. The number of hydrogen-bond acceptors (Lipinski definition) is 3. The molecule has 2 unspecified atom stereocenters. The van der Waals surface area contributed by atoms with Crippen molar-refractivity contribution in [3.05, 3.63) is 53.3 Å². The number of amides is 1. The van der Waals surface area contributed by atoms with Crippen LogP contribution in [0.5, 0.6) is 0 Å². The first-order valence-corrected chi connectivity index (χ1v) is 9.57. The Bertz CT molecular complexity index is 1030. The molecule has 0 saturated heterocycles. The third kappa shape index (κ3) is 3.28. The highest BCUT2D eigenvalue weighted by Gasteiger charge is 2.26. The maximum atomic E-state index is 13.3. The number of halogens is 1. The van der Waals surface area contributed by atoms with Gasteiger partial charge in [-0.25, -0.2) is 4.39 Å². The summed E-state index contributed by atoms with van der Waals surface area (Å²) in [7, 11) is 7.74. The van der Waals surface area contributed by atoms with Crippen molar-refractivity contribution in [3.63, 3.8) is 0 Å². The lowest BCUT2D eigenvalue weighted by Gasteiger charge is -2.28. The number of carbonyl (C=O) groups excluding carboxylic acids is 1. The highest BCUT2D eigenvalue weighted by Crippen LogP contribution is 2.43. The molecule has 3 N–H and O–H groups in total. The van der Waals surface area contributed by atoms with E-state index in [9.17, 15) is 9.18 Å². The fourth-order valence-corrected chi connectivity index (χ4v) is 4.19. The number of carbonyl (C=O) groups is 1. The molecular weight excluding hydrogens is 354 g/mol. The molecule has 2 atom stereocenters. The van der Waals surface area contributed by atoms with Crippen molar-refractivity contribution in [1.82, 2.24) is 5.32 Å². The Morgan fingerprint density at radius 2 is 2.00 bits per heavy atom. The molecule has 1 aliphatic carbocycles. The number of rotatable bonds is 3. The van der Waals surface area contributed by atoms with Crippen LogP contribution in [0.25, 0.3) is 22.3 Å². The Labute approximate surface area is 164 Å². The third-order valence-corrected chi connectivity index (χ3v) is 5.61. The minimum Gasteiger partial charge on any atom is -0.455 e. The zero-order valence-electron chi connectivity index (χ0n) is 15.8. The van der Waals surface area contributed by atoms with Crippen molar-refractivity contribution in [2.24, 2.45) is 0 Å². The minimum absolute atomic E-state index is 0.173. The molecule has 142 valence electrons. The predicted molar refractivity (Wildman–Crippen MR) is 110 cm³/mol. The Morgan fingerprint density at radius 1 is 1.25 bits per heavy atom. The summed E-state index contributed by atoms with van der Waals surface area (Å²) in [6.07, 6.45) is 4.01. The van der Waals surface area contributed by atoms with Crippen LogP contribution in [0.1, 0.15) is 47.5 Å². The van der Waals surface area contributed by atoms with E-state index < -0.39 is 0 Å². The lowest BCUT2D eigenvalue weighted by atomic mass is 9.69. The average Bonchev–Trinajstić information content (AvgIpc) is 3.05. The number of anilines is 1. The van der Waals surface area contributed by atoms with Crippen LogP contribution in [0.3, 0.4) is 0 Å². The predicted octanol–water partition coefficient (Wildman–Crippen LogP) is 4.80. The summed E-state index contributed by atoms with van der Waals surface area (Å²) in [5.74, 6) is 0.253. The van der Waals surface area contributed by atoms with Crippen LogP contribution in [0.15, 0.2) is 40.8 Å². The SMILES string of the molecule is [B]C1CCCC(c2cc3c(C(=O)NC)c(-c4ccc(F)cc4)oc3cc2N)C1. The van der Waals surface area contributed by atoms with Crippen LogP contribution in [-0.4, -0.2) is 20.8 Å². The van der Waals surface area contributed by atoms with Crippen molar-refractivity contribution in [2.45, 2.75) is 37.4 Å². The van der Waals surface area contributed by atoms with Crippen LogP contribution < -0.4 is 11.1 Å². The first-order valence-electron chi connectivity index (χ1n) is 9.57. The highest BCUT2D eigenvalue weighted by molar-refractivity contribution is 6.12. The molecule has 0 spiro atoms. The van der Waals surface area contributed by atoms with E-state index in [0.29, 0.717) is 33.5 Å². The van der Waals surface area contributed by atoms with Gasteiger partial charge in [0.25, 0.3) is 5.91 Å². The minimum atomic E-state index is -0.346. The summed E-state index contributed by atoms with van der Waals surface area (Å²) in [6, 6.07) is 9.64. The molecule has 0 aliphatic heterocycles. The lowest BCUT2D eigenvalue weighted by molar-refractivity contribution is 0.0964. The van der Waals surface area contributed by atoms with E-state index in [1.165, 1.54) is 12.1 Å². The van der Waals surface area contributed by atoms with Crippen molar-refractivity contribution in [2.75, 3.05) is 12.8 Å². The second-order valence-electron chi connectivity index (χ2n) is 7.49. The van der Waals surface area contributed by atoms with Gasteiger partial charge in [-0.3, -0.25) is 4.79 Å². The monoisotopic (exact) mass is 376 g/mol. The molecule has 2 aromatic carbocycles. The van der Waals surface area contributed by atoms with E-state index in [1.807, 2.05) is 6.07 Å². The van der Waals surface area contributed by atoms with Crippen LogP contribution in [0.4, 0.5) is 10.1 Å². The molecule has 1 amide bonds. The maximum Gasteiger partial charge on any atom is 0.255 e. The summed E-state index contributed by atoms with van der Waals surface area (Å²) >= 11 is 0. The number of nitrogens with two attached hydrogens (primary N) is 1. The van der Waals surface area contributed by atoms with Gasteiger partial charge in [0, 0.05) is 29.8 Å². The van der Waals surface area contributed by atoms with Crippen molar-refractivity contribution in [1.29, 1.82) is 0 Å². The molecule has 1 heterocycles. The normalized spacial score (nSPS) is 19.6. The van der Waals surface area contributed by atoms with Gasteiger partial charge in [0.05, 0.1) is 13.4 Å². The fourth-order valence-electron chi connectivity index (χ4n) is 4.19. The van der Waals surface area contributed by atoms with Gasteiger partial charge in [0.2, 0.25) is 0 Å². The summed E-state index contributed by atoms with van der Waals surface area (Å²) in [5.41, 5.74) is 9.61. The molecule has 1 saturated carbocycles. The van der Waals surface area contributed by atoms with Crippen LogP contribution in [0, 0.1) is 5.82 Å². The van der Waals surface area contributed by atoms with E-state index in [4.69, 9.17) is 18.0 Å². The van der Waals surface area contributed by atoms with E-state index in [-0.39, 0.29) is 23.5 Å². The second-order valence-corrected chi connectivity index (χ2v) is 7.49. The molecule has 28 heavy (non-hydrogen) atoms. The number of nitrogens with one attached hydrogen (secondary N) is 1. The molecule has 1 aliphatic rings. The van der Waals surface area contributed by atoms with Crippen molar-refractivity contribution in [3.8, 4) is 11.3 Å². The van der Waals surface area contributed by atoms with Crippen LogP contribution in [0.2, 0.25) is 5.82 Å². The van der Waals surface area contributed by atoms with Crippen molar-refractivity contribution >= 4 is 30.4 Å². The molecule has 3 aromatic rings. The standard InChI is InChI=1S/C22H22BFN2O2/c1-26-22(27)20-17-10-16(13-3-2-4-14(23)9-13)18(25)11-19(17)28-21(20)12-5-7-15(24)8-6-12/h5-8,10-11,13-14H,2-4,9,25H2,1H3,(H,26,27). The topological polar surface area (TPSA) is 68.3 Å². The summed E-state index contributed by atoms with van der Waals surface area (Å²) in [5, 5.41) is 3.39. The molecule has 1 aromatic heterocycles. The lowest BCUT2D eigenvalue weighted by Crippen LogP contribution is -2.18. The highest BCUT2D eigenvalue weighted by atomic mass is 19.1. The van der Waals surface area contributed by atoms with E-state index >= 15 is 0 Å². The van der Waals surface area contributed by atoms with Gasteiger partial charge < -0.3 is 15.5 Å². The summed E-state index contributed by atoms with van der Waals surface area (Å²) in [4.78, 5) is 12.7. The molecule has 4 nitrogen and oxygen atoms in total. The molecule has 0 bridgehead atoms. The Kier molecular flexibility index (Phi) is 4.88. The van der Waals surface area contributed by atoms with Gasteiger partial charge in [-0.05, 0) is 48.2 Å². The molecule has 2 radical (unpaired) electrons. The van der Waals surface area contributed by atoms with Gasteiger partial charge in [0.15, 0.2) is 0 Å². The van der Waals surface area contributed by atoms with Gasteiger partial charge in [-0.15, -0.1) is 0 Å². The van der Waals surface area contributed by atoms with Gasteiger partial charge in [-0.1, -0.05) is 25.1 Å². The molecule has 4 rings (SSSR count). The van der Waals surface area contributed by atoms with Gasteiger partial charge in [-0.2, -0.15) is 0 Å². The molecule has 1 fully saturated rings. The zero-order valence-corrected chi connectivity index (χ0v) is 15.8. The number of nitrogen functional groups attached to an aromatic ring is 1. The third-order valence-electron chi connectivity index (χ3n) is 5.61. The average molecular weight is 376 g/mol. The number of fused-ring (bicyclic) bond motifs is 1. The summed E-state index contributed by atoms with van der Waals surface area (Å²) in [6.45, 7) is 0. The smallest absolute Gasteiger partial charge is 0.255 e. The fraction of sp³-hybridized carbons (Fsp3) is 0.318. The second kappa shape index (κ2) is 7.34. The molecular formula is C22H22BFN2O2. The van der Waals surface area contributed by atoms with Crippen LogP contribution >= 0.6 is 0 Å². The Hall–Kier alpha value is -2.76. The first kappa shape index (κ1) is 18.6. The molecule has 6 heteroatoms. The number of benzene rings is 2. The number of furan rings is 1. The van der Waals surface area contributed by atoms with Gasteiger partial charge >= 0.3 is 0 Å². The maximum absolute atomic E-state index is 13.3. The largest absolute Gasteiger partial charge is 0.455 e. The summed E-state index contributed by atoms with van der Waals surface area (Å²) < 4.78 is 19.3. The van der Waals surface area contributed by atoms with E-state index in [2.05, 4.69) is 5.32 Å². The van der Waals surface area contributed by atoms with Crippen LogP contribution in [-0.2, 0) is 0 Å². The van der Waals surface area contributed by atoms with Crippen molar-refractivity contribution < 1.29 is 13.6 Å².